The quantitative estimate of drug-likeness (QED) is 0.903. The van der Waals surface area contributed by atoms with Crippen molar-refractivity contribution in [3.05, 3.63) is 23.0 Å². The zero-order valence-corrected chi connectivity index (χ0v) is 9.71. The maximum Gasteiger partial charge on any atom is 0.445 e. The second kappa shape index (κ2) is 4.37. The number of amides is 1. The number of carbonyl (C=O) groups excluding carboxylic acids is 1. The Kier molecular flexibility index (Phi) is 3.03. The van der Waals surface area contributed by atoms with Crippen LogP contribution in [0.2, 0.25) is 0 Å². The average Bonchev–Trinajstić information content (AvgIpc) is 2.85. The molecule has 0 aliphatic carbocycles. The molecule has 0 saturated heterocycles. The normalized spacial score (nSPS) is 11.6. The molecular weight excluding hydrogens is 271 g/mol. The van der Waals surface area contributed by atoms with Crippen molar-refractivity contribution in [3.63, 3.8) is 0 Å². The van der Waals surface area contributed by atoms with E-state index in [9.17, 15) is 18.0 Å². The molecule has 18 heavy (non-hydrogen) atoms. The number of hydrogen-bond donors (Lipinski definition) is 1. The molecule has 0 atom stereocenters. The number of nitrogens with zero attached hydrogens (tertiary/aromatic N) is 4. The molecule has 2 rings (SSSR count). The van der Waals surface area contributed by atoms with Crippen molar-refractivity contribution in [2.45, 2.75) is 6.18 Å². The lowest BCUT2D eigenvalue weighted by Gasteiger charge is -2.01. The lowest BCUT2D eigenvalue weighted by Crippen LogP contribution is -2.15. The van der Waals surface area contributed by atoms with Crippen molar-refractivity contribution in [1.82, 2.24) is 20.0 Å². The van der Waals surface area contributed by atoms with Gasteiger partial charge in [-0.05, 0) is 6.07 Å². The highest BCUT2D eigenvalue weighted by molar-refractivity contribution is 7.15. The molecule has 0 aliphatic heterocycles. The van der Waals surface area contributed by atoms with Crippen LogP contribution in [0.25, 0.3) is 0 Å². The topological polar surface area (TPSA) is 72.7 Å². The minimum absolute atomic E-state index is 0.207. The molecule has 1 N–H and O–H groups in total. The highest BCUT2D eigenvalue weighted by Gasteiger charge is 2.35. The summed E-state index contributed by atoms with van der Waals surface area (Å²) >= 11 is 0.262. The summed E-state index contributed by atoms with van der Waals surface area (Å²) in [6.45, 7) is 0. The minimum Gasteiger partial charge on any atom is -0.295 e. The number of aryl methyl sites for hydroxylation is 1. The van der Waals surface area contributed by atoms with Gasteiger partial charge < -0.3 is 0 Å². The van der Waals surface area contributed by atoms with E-state index in [1.165, 1.54) is 24.0 Å². The highest BCUT2D eigenvalue weighted by atomic mass is 32.1. The molecule has 0 unspecified atom stereocenters. The number of anilines is 1. The molecule has 2 aromatic rings. The Balaban J connectivity index is 2.13. The number of rotatable bonds is 2. The second-order valence-corrected chi connectivity index (χ2v) is 4.18. The van der Waals surface area contributed by atoms with E-state index >= 15 is 0 Å². The molecule has 2 heterocycles. The van der Waals surface area contributed by atoms with E-state index in [1.807, 2.05) is 0 Å². The molecule has 0 spiro atoms. The van der Waals surface area contributed by atoms with E-state index < -0.39 is 17.1 Å². The Hall–Kier alpha value is -1.97. The van der Waals surface area contributed by atoms with E-state index in [4.69, 9.17) is 0 Å². The summed E-state index contributed by atoms with van der Waals surface area (Å²) in [4.78, 5) is 11.6. The van der Waals surface area contributed by atoms with Crippen LogP contribution in [0.15, 0.2) is 12.3 Å². The van der Waals surface area contributed by atoms with Crippen LogP contribution < -0.4 is 5.32 Å². The fraction of sp³-hybridized carbons (Fsp3) is 0.250. The van der Waals surface area contributed by atoms with Crippen LogP contribution in [0.1, 0.15) is 15.5 Å². The van der Waals surface area contributed by atoms with Gasteiger partial charge >= 0.3 is 6.18 Å². The Morgan fingerprint density at radius 1 is 1.44 bits per heavy atom. The fourth-order valence-corrected chi connectivity index (χ4v) is 1.75. The van der Waals surface area contributed by atoms with Crippen molar-refractivity contribution in [2.75, 3.05) is 5.32 Å². The Bertz CT molecular complexity index is 575. The maximum atomic E-state index is 12.3. The van der Waals surface area contributed by atoms with Gasteiger partial charge in [0.1, 0.15) is 5.69 Å². The summed E-state index contributed by atoms with van der Waals surface area (Å²) in [6, 6.07) is 1.43. The molecule has 96 valence electrons. The molecule has 10 heteroatoms. The van der Waals surface area contributed by atoms with Gasteiger partial charge in [-0.2, -0.15) is 18.3 Å². The van der Waals surface area contributed by atoms with Crippen molar-refractivity contribution in [2.24, 2.45) is 7.05 Å². The average molecular weight is 277 g/mol. The first-order chi connectivity index (χ1) is 8.38. The molecule has 1 amide bonds. The zero-order valence-electron chi connectivity index (χ0n) is 8.89. The van der Waals surface area contributed by atoms with E-state index in [2.05, 4.69) is 20.6 Å². The number of alkyl halides is 3. The molecule has 6 nitrogen and oxygen atoms in total. The largest absolute Gasteiger partial charge is 0.445 e. The van der Waals surface area contributed by atoms with Gasteiger partial charge in [0, 0.05) is 13.2 Å². The maximum absolute atomic E-state index is 12.3. The van der Waals surface area contributed by atoms with Crippen LogP contribution in [-0.2, 0) is 13.2 Å². The van der Waals surface area contributed by atoms with Crippen LogP contribution in [0.5, 0.6) is 0 Å². The van der Waals surface area contributed by atoms with Gasteiger partial charge in [-0.1, -0.05) is 11.3 Å². The predicted molar refractivity (Wildman–Crippen MR) is 56.1 cm³/mol. The molecular formula is C8H6F3N5OS. The zero-order chi connectivity index (χ0) is 13.3. The first-order valence-electron chi connectivity index (χ1n) is 4.58. The minimum atomic E-state index is -4.56. The number of carbonyl (C=O) groups is 1. The van der Waals surface area contributed by atoms with Crippen LogP contribution in [0, 0.1) is 0 Å². The summed E-state index contributed by atoms with van der Waals surface area (Å²) in [7, 11) is 1.54. The van der Waals surface area contributed by atoms with Crippen molar-refractivity contribution >= 4 is 22.4 Å². The van der Waals surface area contributed by atoms with E-state index in [0.29, 0.717) is 0 Å². The second-order valence-electron chi connectivity index (χ2n) is 3.20. The van der Waals surface area contributed by atoms with Crippen molar-refractivity contribution in [3.8, 4) is 0 Å². The summed E-state index contributed by atoms with van der Waals surface area (Å²) in [5.41, 5.74) is 0.207. The standard InChI is InChI=1S/C8H6F3N5OS/c1-16-4(2-3-12-16)5(17)13-7-15-14-6(18-7)8(9,10)11/h2-3H,1H3,(H,13,15,17). The van der Waals surface area contributed by atoms with E-state index in [1.54, 1.807) is 0 Å². The summed E-state index contributed by atoms with van der Waals surface area (Å²) < 4.78 is 38.1. The molecule has 0 aliphatic rings. The summed E-state index contributed by atoms with van der Waals surface area (Å²) in [5, 5.41) is 10.9. The van der Waals surface area contributed by atoms with E-state index in [-0.39, 0.29) is 22.2 Å². The summed E-state index contributed by atoms with van der Waals surface area (Å²) in [5.74, 6) is -0.597. The van der Waals surface area contributed by atoms with Gasteiger partial charge in [-0.15, -0.1) is 10.2 Å². The Morgan fingerprint density at radius 2 is 2.17 bits per heavy atom. The van der Waals surface area contributed by atoms with Crippen LogP contribution >= 0.6 is 11.3 Å². The predicted octanol–water partition coefficient (Wildman–Crippen LogP) is 1.54. The van der Waals surface area contributed by atoms with Gasteiger partial charge in [0.15, 0.2) is 0 Å². The molecule has 0 aromatic carbocycles. The van der Waals surface area contributed by atoms with Crippen LogP contribution in [0.3, 0.4) is 0 Å². The summed E-state index contributed by atoms with van der Waals surface area (Å²) in [6.07, 6.45) is -3.16. The molecule has 0 saturated carbocycles. The fourth-order valence-electron chi connectivity index (χ4n) is 1.15. The highest BCUT2D eigenvalue weighted by Crippen LogP contribution is 2.33. The van der Waals surface area contributed by atoms with Crippen molar-refractivity contribution < 1.29 is 18.0 Å². The smallest absolute Gasteiger partial charge is 0.295 e. The van der Waals surface area contributed by atoms with E-state index in [0.717, 1.165) is 0 Å². The number of halogens is 3. The van der Waals surface area contributed by atoms with Crippen LogP contribution in [0.4, 0.5) is 18.3 Å². The molecule has 0 bridgehead atoms. The SMILES string of the molecule is Cn1nccc1C(=O)Nc1nnc(C(F)(F)F)s1. The third-order valence-corrected chi connectivity index (χ3v) is 2.83. The van der Waals surface area contributed by atoms with Gasteiger partial charge in [0.05, 0.1) is 0 Å². The number of nitrogens with one attached hydrogen (secondary N) is 1. The van der Waals surface area contributed by atoms with Gasteiger partial charge in [0.2, 0.25) is 10.1 Å². The van der Waals surface area contributed by atoms with Gasteiger partial charge in [-0.25, -0.2) is 0 Å². The first-order valence-corrected chi connectivity index (χ1v) is 5.39. The third-order valence-electron chi connectivity index (χ3n) is 1.94. The molecule has 2 aromatic heterocycles. The lowest BCUT2D eigenvalue weighted by atomic mass is 10.4. The number of aromatic nitrogens is 4. The third kappa shape index (κ3) is 2.47. The van der Waals surface area contributed by atoms with Crippen molar-refractivity contribution in [1.29, 1.82) is 0 Å². The first kappa shape index (κ1) is 12.5. The monoisotopic (exact) mass is 277 g/mol. The lowest BCUT2D eigenvalue weighted by molar-refractivity contribution is -0.138. The Morgan fingerprint density at radius 3 is 2.67 bits per heavy atom. The van der Waals surface area contributed by atoms with Gasteiger partial charge in [0.25, 0.3) is 5.91 Å². The Labute approximate surface area is 102 Å². The number of hydrogen-bond acceptors (Lipinski definition) is 5. The van der Waals surface area contributed by atoms with Gasteiger partial charge in [-0.3, -0.25) is 14.8 Å². The molecule has 0 fully saturated rings. The van der Waals surface area contributed by atoms with Crippen LogP contribution in [-0.4, -0.2) is 25.9 Å². The molecule has 0 radical (unpaired) electrons.